The number of hydrogen-bond donors (Lipinski definition) is 0. The van der Waals surface area contributed by atoms with Gasteiger partial charge in [0.2, 0.25) is 0 Å². The summed E-state index contributed by atoms with van der Waals surface area (Å²) >= 11 is 0. The van der Waals surface area contributed by atoms with Gasteiger partial charge < -0.3 is 4.74 Å². The molecule has 68 valence electrons. The molecule has 1 aliphatic heterocycles. The van der Waals surface area contributed by atoms with E-state index in [9.17, 15) is 4.79 Å². The first-order valence-electron chi connectivity index (χ1n) is 4.53. The van der Waals surface area contributed by atoms with Crippen molar-refractivity contribution in [2.45, 2.75) is 39.2 Å². The van der Waals surface area contributed by atoms with Crippen LogP contribution >= 0.6 is 0 Å². The van der Waals surface area contributed by atoms with Crippen molar-refractivity contribution in [1.82, 2.24) is 0 Å². The second-order valence-corrected chi connectivity index (χ2v) is 3.46. The Morgan fingerprint density at radius 1 is 1.67 bits per heavy atom. The topological polar surface area (TPSA) is 26.3 Å². The highest BCUT2D eigenvalue weighted by molar-refractivity contribution is 5.70. The van der Waals surface area contributed by atoms with Crippen molar-refractivity contribution in [3.8, 4) is 0 Å². The molecule has 0 aromatic rings. The minimum atomic E-state index is -0.0387. The zero-order valence-corrected chi connectivity index (χ0v) is 7.75. The van der Waals surface area contributed by atoms with Gasteiger partial charge in [0.25, 0.3) is 0 Å². The van der Waals surface area contributed by atoms with Gasteiger partial charge in [-0.3, -0.25) is 4.79 Å². The summed E-state index contributed by atoms with van der Waals surface area (Å²) in [5, 5.41) is 0. The number of allylic oxidation sites excluding steroid dienone is 1. The standard InChI is InChI=1S/C10H16O2/c1-3-4-5-9-6-8(2)7-10(11)12-9/h3-4,8-9H,5-7H2,1-2H3/t8-,9-/m1/s1. The molecule has 0 aromatic heterocycles. The molecule has 0 aromatic carbocycles. The quantitative estimate of drug-likeness (QED) is 0.467. The first kappa shape index (κ1) is 9.30. The fourth-order valence-electron chi connectivity index (χ4n) is 1.53. The van der Waals surface area contributed by atoms with Crippen molar-refractivity contribution in [2.75, 3.05) is 0 Å². The van der Waals surface area contributed by atoms with Gasteiger partial charge in [-0.1, -0.05) is 19.1 Å². The third-order valence-electron chi connectivity index (χ3n) is 2.11. The largest absolute Gasteiger partial charge is 0.462 e. The average molecular weight is 168 g/mol. The fourth-order valence-corrected chi connectivity index (χ4v) is 1.53. The van der Waals surface area contributed by atoms with Gasteiger partial charge in [-0.2, -0.15) is 0 Å². The summed E-state index contributed by atoms with van der Waals surface area (Å²) in [6, 6.07) is 0. The van der Waals surface area contributed by atoms with Crippen molar-refractivity contribution in [3.63, 3.8) is 0 Å². The molecule has 1 saturated heterocycles. The third kappa shape index (κ3) is 2.68. The van der Waals surface area contributed by atoms with E-state index >= 15 is 0 Å². The number of esters is 1. The third-order valence-corrected chi connectivity index (χ3v) is 2.11. The summed E-state index contributed by atoms with van der Waals surface area (Å²) in [5.74, 6) is 0.449. The van der Waals surface area contributed by atoms with E-state index in [0.29, 0.717) is 12.3 Å². The number of cyclic esters (lactones) is 1. The van der Waals surface area contributed by atoms with Gasteiger partial charge in [0.15, 0.2) is 0 Å². The molecular formula is C10H16O2. The molecule has 2 heteroatoms. The molecule has 0 radical (unpaired) electrons. The van der Waals surface area contributed by atoms with E-state index in [-0.39, 0.29) is 12.1 Å². The zero-order chi connectivity index (χ0) is 8.97. The molecule has 0 amide bonds. The first-order chi connectivity index (χ1) is 5.72. The monoisotopic (exact) mass is 168 g/mol. The van der Waals surface area contributed by atoms with Crippen LogP contribution in [0.1, 0.15) is 33.1 Å². The predicted octanol–water partition coefficient (Wildman–Crippen LogP) is 2.29. The average Bonchev–Trinajstić information content (AvgIpc) is 1.99. The van der Waals surface area contributed by atoms with Gasteiger partial charge in [-0.25, -0.2) is 0 Å². The second kappa shape index (κ2) is 4.29. The fraction of sp³-hybridized carbons (Fsp3) is 0.700. The van der Waals surface area contributed by atoms with Crippen LogP contribution in [0.3, 0.4) is 0 Å². The van der Waals surface area contributed by atoms with E-state index in [2.05, 4.69) is 13.0 Å². The number of carbonyl (C=O) groups is 1. The van der Waals surface area contributed by atoms with Crippen molar-refractivity contribution in [1.29, 1.82) is 0 Å². The number of ether oxygens (including phenoxy) is 1. The molecule has 1 rings (SSSR count). The minimum absolute atomic E-state index is 0.0387. The van der Waals surface area contributed by atoms with E-state index in [0.717, 1.165) is 12.8 Å². The van der Waals surface area contributed by atoms with Crippen LogP contribution in [0, 0.1) is 5.92 Å². The Morgan fingerprint density at radius 3 is 3.00 bits per heavy atom. The maximum absolute atomic E-state index is 11.0. The predicted molar refractivity (Wildman–Crippen MR) is 47.7 cm³/mol. The van der Waals surface area contributed by atoms with Gasteiger partial charge in [0.1, 0.15) is 6.10 Å². The van der Waals surface area contributed by atoms with Crippen molar-refractivity contribution < 1.29 is 9.53 Å². The molecule has 1 fully saturated rings. The molecular weight excluding hydrogens is 152 g/mol. The number of rotatable bonds is 2. The summed E-state index contributed by atoms with van der Waals surface area (Å²) in [6.45, 7) is 4.08. The van der Waals surface area contributed by atoms with Crippen molar-refractivity contribution in [2.24, 2.45) is 5.92 Å². The van der Waals surface area contributed by atoms with Crippen LogP contribution in [0.2, 0.25) is 0 Å². The molecule has 1 aliphatic rings. The van der Waals surface area contributed by atoms with Gasteiger partial charge in [0.05, 0.1) is 0 Å². The highest BCUT2D eigenvalue weighted by Gasteiger charge is 2.24. The highest BCUT2D eigenvalue weighted by Crippen LogP contribution is 2.22. The normalized spacial score (nSPS) is 30.7. The summed E-state index contributed by atoms with van der Waals surface area (Å²) in [6.07, 6.45) is 6.63. The Hall–Kier alpha value is -0.790. The molecule has 1 heterocycles. The van der Waals surface area contributed by atoms with E-state index < -0.39 is 0 Å². The maximum atomic E-state index is 11.0. The van der Waals surface area contributed by atoms with Crippen LogP contribution in [0.4, 0.5) is 0 Å². The number of hydrogen-bond acceptors (Lipinski definition) is 2. The Morgan fingerprint density at radius 2 is 2.42 bits per heavy atom. The van der Waals surface area contributed by atoms with E-state index in [1.54, 1.807) is 0 Å². The molecule has 0 unspecified atom stereocenters. The lowest BCUT2D eigenvalue weighted by Crippen LogP contribution is -2.27. The Kier molecular flexibility index (Phi) is 3.32. The Balaban J connectivity index is 2.38. The smallest absolute Gasteiger partial charge is 0.306 e. The summed E-state index contributed by atoms with van der Waals surface area (Å²) in [5.41, 5.74) is 0. The summed E-state index contributed by atoms with van der Waals surface area (Å²) in [7, 11) is 0. The Bertz CT molecular complexity index is 184. The van der Waals surface area contributed by atoms with Crippen molar-refractivity contribution in [3.05, 3.63) is 12.2 Å². The lowest BCUT2D eigenvalue weighted by molar-refractivity contribution is -0.156. The van der Waals surface area contributed by atoms with E-state index in [1.165, 1.54) is 0 Å². The molecule has 2 atom stereocenters. The van der Waals surface area contributed by atoms with Crippen LogP contribution in [-0.4, -0.2) is 12.1 Å². The maximum Gasteiger partial charge on any atom is 0.306 e. The molecule has 12 heavy (non-hydrogen) atoms. The van der Waals surface area contributed by atoms with Gasteiger partial charge in [-0.05, 0) is 19.3 Å². The van der Waals surface area contributed by atoms with Crippen LogP contribution in [0.5, 0.6) is 0 Å². The van der Waals surface area contributed by atoms with Gasteiger partial charge in [0, 0.05) is 12.8 Å². The van der Waals surface area contributed by atoms with E-state index in [4.69, 9.17) is 4.74 Å². The lowest BCUT2D eigenvalue weighted by atomic mass is 9.95. The highest BCUT2D eigenvalue weighted by atomic mass is 16.5. The van der Waals surface area contributed by atoms with Crippen LogP contribution in [0.25, 0.3) is 0 Å². The number of carbonyl (C=O) groups excluding carboxylic acids is 1. The zero-order valence-electron chi connectivity index (χ0n) is 7.75. The summed E-state index contributed by atoms with van der Waals surface area (Å²) in [4.78, 5) is 11.0. The molecule has 2 nitrogen and oxygen atoms in total. The molecule has 0 aliphatic carbocycles. The van der Waals surface area contributed by atoms with Gasteiger partial charge in [-0.15, -0.1) is 0 Å². The minimum Gasteiger partial charge on any atom is -0.462 e. The van der Waals surface area contributed by atoms with Crippen LogP contribution in [0.15, 0.2) is 12.2 Å². The molecule has 0 spiro atoms. The molecule has 0 N–H and O–H groups in total. The van der Waals surface area contributed by atoms with Crippen LogP contribution < -0.4 is 0 Å². The molecule has 0 bridgehead atoms. The van der Waals surface area contributed by atoms with E-state index in [1.807, 2.05) is 13.0 Å². The lowest BCUT2D eigenvalue weighted by Gasteiger charge is -2.25. The second-order valence-electron chi connectivity index (χ2n) is 3.46. The molecule has 0 saturated carbocycles. The first-order valence-corrected chi connectivity index (χ1v) is 4.53. The Labute approximate surface area is 73.6 Å². The SMILES string of the molecule is CC=CC[C@@H]1C[C@@H](C)CC(=O)O1. The van der Waals surface area contributed by atoms with Crippen LogP contribution in [-0.2, 0) is 9.53 Å². The van der Waals surface area contributed by atoms with Gasteiger partial charge >= 0.3 is 5.97 Å². The van der Waals surface area contributed by atoms with Crippen molar-refractivity contribution >= 4 is 5.97 Å². The summed E-state index contributed by atoms with van der Waals surface area (Å²) < 4.78 is 5.17.